The normalized spacial score (nSPS) is 11.7. The molecule has 2 aromatic rings. The molecule has 2 rings (SSSR count). The van der Waals surface area contributed by atoms with Crippen molar-refractivity contribution in [1.29, 1.82) is 0 Å². The number of nitrogens with zero attached hydrogens (tertiary/aromatic N) is 5. The number of aromatic nitrogens is 4. The molecule has 2 heterocycles. The summed E-state index contributed by atoms with van der Waals surface area (Å²) in [4.78, 5) is 10.3. The van der Waals surface area contributed by atoms with Gasteiger partial charge in [0.25, 0.3) is 0 Å². The quantitative estimate of drug-likeness (QED) is 0.566. The van der Waals surface area contributed by atoms with Gasteiger partial charge in [0.1, 0.15) is 17.2 Å². The van der Waals surface area contributed by atoms with Gasteiger partial charge in [-0.1, -0.05) is 13.8 Å². The summed E-state index contributed by atoms with van der Waals surface area (Å²) in [6.07, 6.45) is 5.62. The van der Waals surface area contributed by atoms with Crippen LogP contribution in [-0.4, -0.2) is 38.8 Å². The lowest BCUT2D eigenvalue weighted by molar-refractivity contribution is 0.632. The smallest absolute Gasteiger partial charge is 0.191 e. The maximum absolute atomic E-state index is 4.59. The monoisotopic (exact) mass is 335 g/mol. The molecule has 0 aliphatic rings. The van der Waals surface area contributed by atoms with Gasteiger partial charge in [-0.2, -0.15) is 0 Å². The molecule has 0 saturated heterocycles. The van der Waals surface area contributed by atoms with Crippen LogP contribution in [0.4, 0.5) is 0 Å². The molecular weight excluding hydrogens is 310 g/mol. The van der Waals surface area contributed by atoms with Gasteiger partial charge < -0.3 is 15.2 Å². The molecule has 0 bridgehead atoms. The third-order valence-electron chi connectivity index (χ3n) is 3.32. The highest BCUT2D eigenvalue weighted by Crippen LogP contribution is 2.13. The lowest BCUT2D eigenvalue weighted by atomic mass is 10.4. The molecule has 0 unspecified atom stereocenters. The predicted molar refractivity (Wildman–Crippen MR) is 93.7 cm³/mol. The molecule has 0 radical (unpaired) electrons. The Morgan fingerprint density at radius 2 is 2.13 bits per heavy atom. The predicted octanol–water partition coefficient (Wildman–Crippen LogP) is 1.61. The van der Waals surface area contributed by atoms with Crippen LogP contribution in [0, 0.1) is 0 Å². The van der Waals surface area contributed by atoms with E-state index >= 15 is 0 Å². The molecule has 2 N–H and O–H groups in total. The minimum absolute atomic E-state index is 0.604. The Balaban J connectivity index is 1.86. The summed E-state index contributed by atoms with van der Waals surface area (Å²) in [5.74, 6) is 1.82. The molecular formula is C15H25N7S. The van der Waals surface area contributed by atoms with E-state index in [1.54, 1.807) is 17.7 Å². The van der Waals surface area contributed by atoms with Crippen LogP contribution in [-0.2, 0) is 25.9 Å². The van der Waals surface area contributed by atoms with Crippen LogP contribution in [0.5, 0.6) is 0 Å². The molecule has 126 valence electrons. The Kier molecular flexibility index (Phi) is 6.99. The van der Waals surface area contributed by atoms with Crippen LogP contribution in [0.2, 0.25) is 0 Å². The first kappa shape index (κ1) is 17.4. The summed E-state index contributed by atoms with van der Waals surface area (Å²) in [6.45, 7) is 9.31. The molecule has 0 aromatic carbocycles. The molecule has 0 aliphatic carbocycles. The van der Waals surface area contributed by atoms with Gasteiger partial charge in [-0.05, 0) is 13.3 Å². The molecule has 8 heteroatoms. The van der Waals surface area contributed by atoms with E-state index in [0.29, 0.717) is 6.54 Å². The molecule has 0 fully saturated rings. The van der Waals surface area contributed by atoms with Gasteiger partial charge in [0.2, 0.25) is 0 Å². The van der Waals surface area contributed by atoms with E-state index in [2.05, 4.69) is 56.1 Å². The average Bonchev–Trinajstić information content (AvgIpc) is 3.21. The van der Waals surface area contributed by atoms with Crippen LogP contribution < -0.4 is 10.6 Å². The standard InChI is InChI=1S/C15H25N7S/c1-4-12-9-18-14(23-12)10-19-15(16-6-3)17-7-8-22-11-20-21-13(22)5-2/h9,11H,4-8,10H2,1-3H3,(H2,16,17,19). The van der Waals surface area contributed by atoms with Gasteiger partial charge >= 0.3 is 0 Å². The summed E-state index contributed by atoms with van der Waals surface area (Å²) in [7, 11) is 0. The van der Waals surface area contributed by atoms with Crippen molar-refractivity contribution < 1.29 is 0 Å². The van der Waals surface area contributed by atoms with Gasteiger partial charge in [-0.3, -0.25) is 0 Å². The zero-order chi connectivity index (χ0) is 16.5. The van der Waals surface area contributed by atoms with Crippen LogP contribution in [0.1, 0.15) is 36.5 Å². The van der Waals surface area contributed by atoms with E-state index < -0.39 is 0 Å². The second-order valence-corrected chi connectivity index (χ2v) is 6.19. The Labute approximate surface area is 141 Å². The van der Waals surface area contributed by atoms with Crippen LogP contribution in [0.3, 0.4) is 0 Å². The zero-order valence-electron chi connectivity index (χ0n) is 14.0. The summed E-state index contributed by atoms with van der Waals surface area (Å²) in [5, 5.41) is 15.7. The molecule has 0 aliphatic heterocycles. The third-order valence-corrected chi connectivity index (χ3v) is 4.45. The first-order valence-corrected chi connectivity index (χ1v) is 8.90. The van der Waals surface area contributed by atoms with Crippen molar-refractivity contribution in [3.8, 4) is 0 Å². The first-order chi connectivity index (χ1) is 11.3. The topological polar surface area (TPSA) is 80.0 Å². The molecule has 0 saturated carbocycles. The first-order valence-electron chi connectivity index (χ1n) is 8.09. The summed E-state index contributed by atoms with van der Waals surface area (Å²) >= 11 is 1.73. The van der Waals surface area contributed by atoms with Crippen LogP contribution in [0.25, 0.3) is 0 Å². The Morgan fingerprint density at radius 1 is 1.26 bits per heavy atom. The molecule has 0 atom stereocenters. The van der Waals surface area contributed by atoms with Crippen molar-refractivity contribution in [2.45, 2.75) is 46.7 Å². The van der Waals surface area contributed by atoms with E-state index in [-0.39, 0.29) is 0 Å². The molecule has 0 amide bonds. The highest BCUT2D eigenvalue weighted by molar-refractivity contribution is 7.11. The number of nitrogens with one attached hydrogen (secondary N) is 2. The van der Waals surface area contributed by atoms with Crippen molar-refractivity contribution in [2.75, 3.05) is 13.1 Å². The van der Waals surface area contributed by atoms with Crippen molar-refractivity contribution in [2.24, 2.45) is 4.99 Å². The van der Waals surface area contributed by atoms with E-state index in [4.69, 9.17) is 0 Å². The Morgan fingerprint density at radius 3 is 2.83 bits per heavy atom. The van der Waals surface area contributed by atoms with Gasteiger partial charge in [0.05, 0.1) is 6.54 Å². The third kappa shape index (κ3) is 5.31. The molecule has 2 aromatic heterocycles. The maximum Gasteiger partial charge on any atom is 0.191 e. The number of rotatable bonds is 8. The van der Waals surface area contributed by atoms with Gasteiger partial charge in [-0.25, -0.2) is 9.98 Å². The summed E-state index contributed by atoms with van der Waals surface area (Å²) in [6, 6.07) is 0. The Bertz CT molecular complexity index is 617. The minimum Gasteiger partial charge on any atom is -0.357 e. The lowest BCUT2D eigenvalue weighted by Crippen LogP contribution is -2.38. The Hall–Kier alpha value is -1.96. The van der Waals surface area contributed by atoms with Crippen molar-refractivity contribution in [1.82, 2.24) is 30.4 Å². The van der Waals surface area contributed by atoms with Crippen molar-refractivity contribution in [3.05, 3.63) is 28.2 Å². The second kappa shape index (κ2) is 9.24. The van der Waals surface area contributed by atoms with Gasteiger partial charge in [0, 0.05) is 37.1 Å². The number of aliphatic imine (C=N–C) groups is 1. The van der Waals surface area contributed by atoms with E-state index in [0.717, 1.165) is 49.3 Å². The largest absolute Gasteiger partial charge is 0.357 e. The lowest BCUT2D eigenvalue weighted by Gasteiger charge is -2.11. The number of guanidine groups is 1. The molecule has 0 spiro atoms. The number of hydrogen-bond donors (Lipinski definition) is 2. The maximum atomic E-state index is 4.59. The number of thiazole rings is 1. The summed E-state index contributed by atoms with van der Waals surface area (Å²) in [5.41, 5.74) is 0. The second-order valence-electron chi connectivity index (χ2n) is 4.99. The summed E-state index contributed by atoms with van der Waals surface area (Å²) < 4.78 is 2.06. The van der Waals surface area contributed by atoms with Crippen LogP contribution >= 0.6 is 11.3 Å². The van der Waals surface area contributed by atoms with Gasteiger partial charge in [-0.15, -0.1) is 21.5 Å². The fourth-order valence-corrected chi connectivity index (χ4v) is 2.89. The van der Waals surface area contributed by atoms with E-state index in [9.17, 15) is 0 Å². The van der Waals surface area contributed by atoms with Crippen LogP contribution in [0.15, 0.2) is 17.5 Å². The zero-order valence-corrected chi connectivity index (χ0v) is 14.9. The number of hydrogen-bond acceptors (Lipinski definition) is 5. The van der Waals surface area contributed by atoms with E-state index in [1.165, 1.54) is 4.88 Å². The molecule has 23 heavy (non-hydrogen) atoms. The van der Waals surface area contributed by atoms with Crippen molar-refractivity contribution in [3.63, 3.8) is 0 Å². The minimum atomic E-state index is 0.604. The van der Waals surface area contributed by atoms with Crippen molar-refractivity contribution >= 4 is 17.3 Å². The number of aryl methyl sites for hydroxylation is 2. The van der Waals surface area contributed by atoms with E-state index in [1.807, 2.05) is 6.20 Å². The highest BCUT2D eigenvalue weighted by Gasteiger charge is 2.03. The van der Waals surface area contributed by atoms with Gasteiger partial charge in [0.15, 0.2) is 5.96 Å². The average molecular weight is 335 g/mol. The fourth-order valence-electron chi connectivity index (χ4n) is 2.11. The SMILES string of the molecule is CCNC(=NCc1ncc(CC)s1)NCCn1cnnc1CC. The fraction of sp³-hybridized carbons (Fsp3) is 0.600. The highest BCUT2D eigenvalue weighted by atomic mass is 32.1. The molecule has 7 nitrogen and oxygen atoms in total.